The number of fused-ring (bicyclic) bond motifs is 1. The molecule has 4 aromatic rings. The molecular formula is C27H25N3O4. The summed E-state index contributed by atoms with van der Waals surface area (Å²) in [5.74, 6) is -0.195. The second-order valence-electron chi connectivity index (χ2n) is 8.03. The van der Waals surface area contributed by atoms with Gasteiger partial charge < -0.3 is 14.8 Å². The third-order valence-electron chi connectivity index (χ3n) is 4.94. The molecule has 34 heavy (non-hydrogen) atoms. The Morgan fingerprint density at radius 1 is 0.882 bits per heavy atom. The average Bonchev–Trinajstić information content (AvgIpc) is 2.82. The summed E-state index contributed by atoms with van der Waals surface area (Å²) in [6, 6.07) is 22.0. The lowest BCUT2D eigenvalue weighted by Gasteiger charge is -2.14. The summed E-state index contributed by atoms with van der Waals surface area (Å²) in [5.41, 5.74) is 4.61. The van der Waals surface area contributed by atoms with Gasteiger partial charge in [0.2, 0.25) is 11.8 Å². The van der Waals surface area contributed by atoms with Crippen molar-refractivity contribution in [3.63, 3.8) is 0 Å². The molecular weight excluding hydrogens is 430 g/mol. The van der Waals surface area contributed by atoms with Gasteiger partial charge in [0.25, 0.3) is 0 Å². The fourth-order valence-electron chi connectivity index (χ4n) is 3.42. The van der Waals surface area contributed by atoms with Crippen molar-refractivity contribution in [3.8, 4) is 17.1 Å². The second-order valence-corrected chi connectivity index (χ2v) is 8.03. The Bertz CT molecular complexity index is 1330. The van der Waals surface area contributed by atoms with Crippen molar-refractivity contribution in [2.75, 3.05) is 5.32 Å². The molecule has 0 radical (unpaired) electrons. The van der Waals surface area contributed by atoms with Gasteiger partial charge >= 0.3 is 5.97 Å². The molecule has 3 aromatic carbocycles. The van der Waals surface area contributed by atoms with Crippen LogP contribution >= 0.6 is 0 Å². The van der Waals surface area contributed by atoms with E-state index in [9.17, 15) is 9.59 Å². The minimum atomic E-state index is -0.361. The van der Waals surface area contributed by atoms with Crippen LogP contribution in [0.15, 0.2) is 72.8 Å². The molecule has 0 aliphatic rings. The third-order valence-corrected chi connectivity index (χ3v) is 4.94. The number of carbonyl (C=O) groups excluding carboxylic acids is 2. The fraction of sp³-hybridized carbons (Fsp3) is 0.185. The number of aromatic nitrogens is 2. The van der Waals surface area contributed by atoms with E-state index in [0.717, 1.165) is 11.1 Å². The highest BCUT2D eigenvalue weighted by molar-refractivity contribution is 5.95. The van der Waals surface area contributed by atoms with E-state index >= 15 is 0 Å². The zero-order valence-corrected chi connectivity index (χ0v) is 19.2. The van der Waals surface area contributed by atoms with Crippen molar-refractivity contribution in [2.45, 2.75) is 33.5 Å². The predicted octanol–water partition coefficient (Wildman–Crippen LogP) is 5.40. The SMILES string of the molecule is CC(=O)Nc1ccccc1-c1nc2ccccc2nc1OCc1ccc(C(=O)OC(C)C)cc1. The average molecular weight is 456 g/mol. The lowest BCUT2D eigenvalue weighted by atomic mass is 10.1. The molecule has 0 saturated carbocycles. The van der Waals surface area contributed by atoms with Gasteiger partial charge in [-0.15, -0.1) is 0 Å². The zero-order chi connectivity index (χ0) is 24.1. The number of anilines is 1. The van der Waals surface area contributed by atoms with E-state index in [1.807, 2.05) is 74.5 Å². The maximum atomic E-state index is 12.1. The number of hydrogen-bond donors (Lipinski definition) is 1. The molecule has 1 amide bonds. The van der Waals surface area contributed by atoms with Gasteiger partial charge in [0, 0.05) is 12.5 Å². The minimum Gasteiger partial charge on any atom is -0.471 e. The number of para-hydroxylation sites is 3. The first-order valence-electron chi connectivity index (χ1n) is 11.0. The number of ether oxygens (including phenoxy) is 2. The van der Waals surface area contributed by atoms with Crippen LogP contribution in [-0.4, -0.2) is 27.9 Å². The number of nitrogens with zero attached hydrogens (tertiary/aromatic N) is 2. The summed E-state index contributed by atoms with van der Waals surface area (Å²) in [6.45, 7) is 5.31. The van der Waals surface area contributed by atoms with E-state index in [1.54, 1.807) is 12.1 Å². The highest BCUT2D eigenvalue weighted by Crippen LogP contribution is 2.34. The van der Waals surface area contributed by atoms with Crippen LogP contribution in [0.25, 0.3) is 22.3 Å². The lowest BCUT2D eigenvalue weighted by molar-refractivity contribution is -0.114. The van der Waals surface area contributed by atoms with Crippen molar-refractivity contribution in [1.29, 1.82) is 0 Å². The molecule has 0 saturated heterocycles. The number of benzene rings is 3. The highest BCUT2D eigenvalue weighted by Gasteiger charge is 2.17. The summed E-state index contributed by atoms with van der Waals surface area (Å²) in [5, 5.41) is 2.85. The molecule has 7 nitrogen and oxygen atoms in total. The maximum Gasteiger partial charge on any atom is 0.338 e. The number of rotatable bonds is 7. The molecule has 172 valence electrons. The number of nitrogens with one attached hydrogen (secondary N) is 1. The van der Waals surface area contributed by atoms with Crippen LogP contribution in [0.5, 0.6) is 5.88 Å². The number of amides is 1. The lowest BCUT2D eigenvalue weighted by Crippen LogP contribution is -2.11. The Hall–Kier alpha value is -4.26. The first-order chi connectivity index (χ1) is 16.4. The number of esters is 1. The smallest absolute Gasteiger partial charge is 0.338 e. The minimum absolute atomic E-state index is 0.180. The van der Waals surface area contributed by atoms with Crippen molar-refractivity contribution >= 4 is 28.6 Å². The molecule has 0 fully saturated rings. The Balaban J connectivity index is 1.65. The van der Waals surface area contributed by atoms with E-state index in [0.29, 0.717) is 33.9 Å². The van der Waals surface area contributed by atoms with E-state index < -0.39 is 0 Å². The largest absolute Gasteiger partial charge is 0.471 e. The van der Waals surface area contributed by atoms with Crippen LogP contribution in [0.4, 0.5) is 5.69 Å². The summed E-state index contributed by atoms with van der Waals surface area (Å²) in [6.07, 6.45) is -0.180. The molecule has 0 bridgehead atoms. The van der Waals surface area contributed by atoms with Crippen LogP contribution in [0, 0.1) is 0 Å². The molecule has 4 rings (SSSR count). The van der Waals surface area contributed by atoms with Crippen molar-refractivity contribution in [2.24, 2.45) is 0 Å². The molecule has 7 heteroatoms. The Morgan fingerprint density at radius 2 is 1.53 bits per heavy atom. The van der Waals surface area contributed by atoms with Crippen molar-refractivity contribution in [3.05, 3.63) is 83.9 Å². The summed E-state index contributed by atoms with van der Waals surface area (Å²) >= 11 is 0. The zero-order valence-electron chi connectivity index (χ0n) is 19.2. The van der Waals surface area contributed by atoms with Crippen molar-refractivity contribution in [1.82, 2.24) is 9.97 Å². The third kappa shape index (κ3) is 5.38. The molecule has 0 aliphatic carbocycles. The number of hydrogen-bond acceptors (Lipinski definition) is 6. The maximum absolute atomic E-state index is 12.1. The van der Waals surface area contributed by atoms with E-state index in [2.05, 4.69) is 5.32 Å². The van der Waals surface area contributed by atoms with Gasteiger partial charge in [-0.1, -0.05) is 42.5 Å². The van der Waals surface area contributed by atoms with Gasteiger partial charge in [0.1, 0.15) is 12.3 Å². The molecule has 0 unspecified atom stereocenters. The molecule has 1 heterocycles. The molecule has 0 atom stereocenters. The standard InChI is InChI=1S/C27H25N3O4/c1-17(2)34-27(32)20-14-12-19(13-15-20)16-33-26-25(29-23-10-6-7-11-24(23)30-26)21-8-4-5-9-22(21)28-18(3)31/h4-15,17H,16H2,1-3H3,(H,28,31). The van der Waals surface area contributed by atoms with Crippen LogP contribution in [0.3, 0.4) is 0 Å². The normalized spacial score (nSPS) is 10.8. The van der Waals surface area contributed by atoms with Crippen molar-refractivity contribution < 1.29 is 19.1 Å². The monoisotopic (exact) mass is 455 g/mol. The van der Waals surface area contributed by atoms with Gasteiger partial charge in [-0.05, 0) is 49.7 Å². The molecule has 0 aliphatic heterocycles. The first-order valence-corrected chi connectivity index (χ1v) is 11.0. The Labute approximate surface area is 197 Å². The van der Waals surface area contributed by atoms with Gasteiger partial charge in [-0.2, -0.15) is 0 Å². The number of carbonyl (C=O) groups is 2. The summed E-state index contributed by atoms with van der Waals surface area (Å²) < 4.78 is 11.3. The summed E-state index contributed by atoms with van der Waals surface area (Å²) in [7, 11) is 0. The first kappa shape index (κ1) is 22.9. The molecule has 0 spiro atoms. The van der Waals surface area contributed by atoms with E-state index in [-0.39, 0.29) is 24.6 Å². The quantitative estimate of drug-likeness (QED) is 0.375. The van der Waals surface area contributed by atoms with Crippen LogP contribution in [0.2, 0.25) is 0 Å². The van der Waals surface area contributed by atoms with Crippen LogP contribution in [0.1, 0.15) is 36.7 Å². The molecule has 1 N–H and O–H groups in total. The van der Waals surface area contributed by atoms with Crippen LogP contribution < -0.4 is 10.1 Å². The Kier molecular flexibility index (Phi) is 6.82. The predicted molar refractivity (Wildman–Crippen MR) is 131 cm³/mol. The topological polar surface area (TPSA) is 90.4 Å². The Morgan fingerprint density at radius 3 is 2.21 bits per heavy atom. The van der Waals surface area contributed by atoms with Crippen LogP contribution in [-0.2, 0) is 16.1 Å². The van der Waals surface area contributed by atoms with Gasteiger partial charge in [-0.25, -0.2) is 14.8 Å². The van der Waals surface area contributed by atoms with E-state index in [4.69, 9.17) is 19.4 Å². The highest BCUT2D eigenvalue weighted by atomic mass is 16.5. The van der Waals surface area contributed by atoms with E-state index in [1.165, 1.54) is 6.92 Å². The van der Waals surface area contributed by atoms with Gasteiger partial charge in [0.05, 0.1) is 28.4 Å². The van der Waals surface area contributed by atoms with Gasteiger partial charge in [0.15, 0.2) is 0 Å². The second kappa shape index (κ2) is 10.1. The molecule has 1 aromatic heterocycles. The fourth-order valence-corrected chi connectivity index (χ4v) is 3.42. The summed E-state index contributed by atoms with van der Waals surface area (Å²) in [4.78, 5) is 33.3. The van der Waals surface area contributed by atoms with Gasteiger partial charge in [-0.3, -0.25) is 4.79 Å².